The lowest BCUT2D eigenvalue weighted by Gasteiger charge is -2.37. The molecule has 3 atom stereocenters. The molecule has 22 heavy (non-hydrogen) atoms. The third kappa shape index (κ3) is 3.89. The molecule has 2 rings (SSSR count). The van der Waals surface area contributed by atoms with Gasteiger partial charge in [-0.05, 0) is 38.3 Å². The number of nitrogens with one attached hydrogen (secondary N) is 2. The van der Waals surface area contributed by atoms with Gasteiger partial charge in [0, 0.05) is 23.4 Å². The van der Waals surface area contributed by atoms with Crippen LogP contribution in [0.5, 0.6) is 0 Å². The smallest absolute Gasteiger partial charge is 0.223 e. The van der Waals surface area contributed by atoms with Gasteiger partial charge in [-0.25, -0.2) is 0 Å². The number of hydrogen-bond acceptors (Lipinski definition) is 2. The van der Waals surface area contributed by atoms with Crippen LogP contribution in [0.4, 0.5) is 0 Å². The van der Waals surface area contributed by atoms with Crippen LogP contribution >= 0.6 is 0 Å². The van der Waals surface area contributed by atoms with Crippen molar-refractivity contribution in [1.82, 2.24) is 10.6 Å². The topological polar surface area (TPSA) is 41.1 Å². The van der Waals surface area contributed by atoms with Crippen molar-refractivity contribution < 1.29 is 4.79 Å². The summed E-state index contributed by atoms with van der Waals surface area (Å²) in [6.45, 7) is 9.70. The Morgan fingerprint density at radius 1 is 1.36 bits per heavy atom. The van der Waals surface area contributed by atoms with Gasteiger partial charge in [-0.2, -0.15) is 0 Å². The molecule has 0 radical (unpaired) electrons. The van der Waals surface area contributed by atoms with E-state index in [0.29, 0.717) is 6.04 Å². The van der Waals surface area contributed by atoms with Gasteiger partial charge in [0.1, 0.15) is 0 Å². The van der Waals surface area contributed by atoms with Gasteiger partial charge >= 0.3 is 0 Å². The third-order valence-electron chi connectivity index (χ3n) is 5.11. The first-order chi connectivity index (χ1) is 10.4. The minimum absolute atomic E-state index is 0.0653. The Balaban J connectivity index is 2.06. The molecule has 0 spiro atoms. The second-order valence-electron chi connectivity index (χ2n) is 7.13. The summed E-state index contributed by atoms with van der Waals surface area (Å²) in [5.74, 6) is 0.376. The van der Waals surface area contributed by atoms with E-state index in [2.05, 4.69) is 62.6 Å². The predicted octanol–water partition coefficient (Wildman–Crippen LogP) is 3.25. The Morgan fingerprint density at radius 2 is 2.05 bits per heavy atom. The molecule has 1 aliphatic heterocycles. The highest BCUT2D eigenvalue weighted by molar-refractivity contribution is 5.79. The molecule has 3 heteroatoms. The molecule has 3 nitrogen and oxygen atoms in total. The summed E-state index contributed by atoms with van der Waals surface area (Å²) >= 11 is 0. The largest absolute Gasteiger partial charge is 0.352 e. The summed E-state index contributed by atoms with van der Waals surface area (Å²) in [6.07, 6.45) is 2.82. The summed E-state index contributed by atoms with van der Waals surface area (Å²) in [6, 6.07) is 11.1. The van der Waals surface area contributed by atoms with E-state index in [0.717, 1.165) is 25.8 Å². The van der Waals surface area contributed by atoms with Crippen molar-refractivity contribution in [3.63, 3.8) is 0 Å². The van der Waals surface area contributed by atoms with Crippen LogP contribution < -0.4 is 10.6 Å². The van der Waals surface area contributed by atoms with Crippen LogP contribution in [0.3, 0.4) is 0 Å². The molecule has 0 saturated carbocycles. The van der Waals surface area contributed by atoms with E-state index >= 15 is 0 Å². The zero-order valence-electron chi connectivity index (χ0n) is 14.4. The molecule has 1 fully saturated rings. The minimum Gasteiger partial charge on any atom is -0.352 e. The van der Waals surface area contributed by atoms with E-state index in [-0.39, 0.29) is 23.3 Å². The van der Waals surface area contributed by atoms with Gasteiger partial charge in [-0.15, -0.1) is 0 Å². The standard InChI is InChI=1S/C19H30N2O/c1-5-17(19(3,4)16-9-7-6-8-10-16)21-18(22)15-11-12-20-14(2)13-15/h6-10,14-15,17,20H,5,11-13H2,1-4H3,(H,21,22)/t14-,15-,17?/m0/s1. The molecule has 0 aliphatic carbocycles. The highest BCUT2D eigenvalue weighted by Gasteiger charge is 2.33. The molecule has 1 heterocycles. The van der Waals surface area contributed by atoms with Crippen LogP contribution in [-0.4, -0.2) is 24.5 Å². The van der Waals surface area contributed by atoms with Gasteiger partial charge in [0.25, 0.3) is 0 Å². The molecule has 1 saturated heterocycles. The lowest BCUT2D eigenvalue weighted by atomic mass is 9.76. The molecule has 0 bridgehead atoms. The number of piperidine rings is 1. The summed E-state index contributed by atoms with van der Waals surface area (Å²) in [4.78, 5) is 12.7. The second-order valence-corrected chi connectivity index (χ2v) is 7.13. The lowest BCUT2D eigenvalue weighted by molar-refractivity contribution is -0.127. The maximum Gasteiger partial charge on any atom is 0.223 e. The van der Waals surface area contributed by atoms with Gasteiger partial charge < -0.3 is 10.6 Å². The first-order valence-corrected chi connectivity index (χ1v) is 8.54. The van der Waals surface area contributed by atoms with Gasteiger partial charge in [-0.3, -0.25) is 4.79 Å². The molecule has 1 aliphatic rings. The van der Waals surface area contributed by atoms with Crippen molar-refractivity contribution in [3.05, 3.63) is 35.9 Å². The van der Waals surface area contributed by atoms with E-state index in [9.17, 15) is 4.79 Å². The van der Waals surface area contributed by atoms with E-state index in [1.165, 1.54) is 5.56 Å². The number of carbonyl (C=O) groups is 1. The zero-order chi connectivity index (χ0) is 16.2. The number of carbonyl (C=O) groups excluding carboxylic acids is 1. The Labute approximate surface area is 134 Å². The lowest BCUT2D eigenvalue weighted by Crippen LogP contribution is -2.51. The number of rotatable bonds is 5. The maximum absolute atomic E-state index is 12.7. The van der Waals surface area contributed by atoms with Crippen molar-refractivity contribution in [3.8, 4) is 0 Å². The van der Waals surface area contributed by atoms with E-state index in [1.807, 2.05) is 6.07 Å². The molecular formula is C19H30N2O. The maximum atomic E-state index is 12.7. The highest BCUT2D eigenvalue weighted by Crippen LogP contribution is 2.29. The highest BCUT2D eigenvalue weighted by atomic mass is 16.2. The van der Waals surface area contributed by atoms with Crippen LogP contribution in [0.15, 0.2) is 30.3 Å². The fourth-order valence-corrected chi connectivity index (χ4v) is 3.52. The average molecular weight is 302 g/mol. The van der Waals surface area contributed by atoms with E-state index < -0.39 is 0 Å². The fourth-order valence-electron chi connectivity index (χ4n) is 3.52. The van der Waals surface area contributed by atoms with Crippen molar-refractivity contribution in [2.75, 3.05) is 6.54 Å². The number of hydrogen-bond donors (Lipinski definition) is 2. The van der Waals surface area contributed by atoms with E-state index in [4.69, 9.17) is 0 Å². The zero-order valence-corrected chi connectivity index (χ0v) is 14.4. The fraction of sp³-hybridized carbons (Fsp3) is 0.632. The molecular weight excluding hydrogens is 272 g/mol. The Morgan fingerprint density at radius 3 is 2.64 bits per heavy atom. The summed E-state index contributed by atoms with van der Waals surface area (Å²) in [5, 5.41) is 6.74. The van der Waals surface area contributed by atoms with E-state index in [1.54, 1.807) is 0 Å². The second kappa shape index (κ2) is 7.28. The monoisotopic (exact) mass is 302 g/mol. The van der Waals surface area contributed by atoms with Crippen LogP contribution in [0, 0.1) is 5.92 Å². The Kier molecular flexibility index (Phi) is 5.63. The number of amides is 1. The summed E-state index contributed by atoms with van der Waals surface area (Å²) in [7, 11) is 0. The number of benzene rings is 1. The van der Waals surface area contributed by atoms with Crippen molar-refractivity contribution >= 4 is 5.91 Å². The van der Waals surface area contributed by atoms with Gasteiger partial charge in [0.2, 0.25) is 5.91 Å². The molecule has 0 aromatic heterocycles. The predicted molar refractivity (Wildman–Crippen MR) is 91.9 cm³/mol. The molecule has 122 valence electrons. The van der Waals surface area contributed by atoms with Crippen LogP contribution in [0.1, 0.15) is 52.5 Å². The quantitative estimate of drug-likeness (QED) is 0.876. The molecule has 1 aromatic carbocycles. The van der Waals surface area contributed by atoms with Crippen LogP contribution in [0.2, 0.25) is 0 Å². The van der Waals surface area contributed by atoms with Gasteiger partial charge in [0.15, 0.2) is 0 Å². The summed E-state index contributed by atoms with van der Waals surface area (Å²) in [5.41, 5.74) is 1.21. The Hall–Kier alpha value is -1.35. The van der Waals surface area contributed by atoms with Crippen molar-refractivity contribution in [2.24, 2.45) is 5.92 Å². The molecule has 1 unspecified atom stereocenters. The van der Waals surface area contributed by atoms with Crippen molar-refractivity contribution in [2.45, 2.75) is 64.5 Å². The van der Waals surface area contributed by atoms with Gasteiger partial charge in [-0.1, -0.05) is 51.1 Å². The normalized spacial score (nSPS) is 23.8. The van der Waals surface area contributed by atoms with Crippen LogP contribution in [-0.2, 0) is 10.2 Å². The van der Waals surface area contributed by atoms with Crippen molar-refractivity contribution in [1.29, 1.82) is 0 Å². The average Bonchev–Trinajstić information content (AvgIpc) is 2.53. The minimum atomic E-state index is -0.0653. The molecule has 1 amide bonds. The first-order valence-electron chi connectivity index (χ1n) is 8.54. The molecule has 2 N–H and O–H groups in total. The Bertz CT molecular complexity index is 483. The first kappa shape index (κ1) is 17.0. The molecule has 1 aromatic rings. The SMILES string of the molecule is CCC(NC(=O)[C@H]1CCN[C@@H](C)C1)C(C)(C)c1ccccc1. The van der Waals surface area contributed by atoms with Gasteiger partial charge in [0.05, 0.1) is 0 Å². The third-order valence-corrected chi connectivity index (χ3v) is 5.11. The van der Waals surface area contributed by atoms with Crippen LogP contribution in [0.25, 0.3) is 0 Å². The summed E-state index contributed by atoms with van der Waals surface area (Å²) < 4.78 is 0.